The minimum Gasteiger partial charge on any atom is -0.341 e. The second kappa shape index (κ2) is 6.67. The summed E-state index contributed by atoms with van der Waals surface area (Å²) in [6.07, 6.45) is 2.17. The van der Waals surface area contributed by atoms with Gasteiger partial charge in [0.15, 0.2) is 0 Å². The van der Waals surface area contributed by atoms with Crippen molar-refractivity contribution in [3.05, 3.63) is 33.0 Å². The van der Waals surface area contributed by atoms with Gasteiger partial charge < -0.3 is 4.90 Å². The highest BCUT2D eigenvalue weighted by Gasteiger charge is 2.31. The van der Waals surface area contributed by atoms with E-state index >= 15 is 0 Å². The van der Waals surface area contributed by atoms with E-state index < -0.39 is 0 Å². The summed E-state index contributed by atoms with van der Waals surface area (Å²) in [6, 6.07) is 0. The molecule has 1 fully saturated rings. The lowest BCUT2D eigenvalue weighted by Crippen LogP contribution is -2.41. The van der Waals surface area contributed by atoms with Crippen molar-refractivity contribution in [3.63, 3.8) is 0 Å². The molecule has 0 aromatic carbocycles. The van der Waals surface area contributed by atoms with Gasteiger partial charge in [-0.25, -0.2) is 4.98 Å². The molecule has 3 heterocycles. The van der Waals surface area contributed by atoms with E-state index in [0.29, 0.717) is 5.92 Å². The smallest absolute Gasteiger partial charge is 0.229 e. The van der Waals surface area contributed by atoms with Gasteiger partial charge >= 0.3 is 0 Å². The molecule has 3 rings (SSSR count). The molecule has 1 aliphatic heterocycles. The fraction of sp³-hybridized carbons (Fsp3) is 0.611. The third-order valence-corrected chi connectivity index (χ3v) is 6.21. The van der Waals surface area contributed by atoms with E-state index in [4.69, 9.17) is 0 Å². The lowest BCUT2D eigenvalue weighted by atomic mass is 9.94. The fourth-order valence-corrected chi connectivity index (χ4v) is 4.68. The predicted molar refractivity (Wildman–Crippen MR) is 96.5 cm³/mol. The van der Waals surface area contributed by atoms with Crippen LogP contribution >= 0.6 is 11.3 Å². The largest absolute Gasteiger partial charge is 0.341 e. The average molecular weight is 347 g/mol. The number of aromatic nitrogens is 3. The Kier molecular flexibility index (Phi) is 4.76. The van der Waals surface area contributed by atoms with Crippen molar-refractivity contribution in [2.45, 2.75) is 52.4 Å². The summed E-state index contributed by atoms with van der Waals surface area (Å²) in [5.41, 5.74) is 4.19. The van der Waals surface area contributed by atoms with Crippen molar-refractivity contribution in [2.24, 2.45) is 7.05 Å². The number of amides is 1. The van der Waals surface area contributed by atoms with E-state index in [9.17, 15) is 4.79 Å². The zero-order chi connectivity index (χ0) is 17.4. The fourth-order valence-electron chi connectivity index (χ4n) is 3.75. The summed E-state index contributed by atoms with van der Waals surface area (Å²) < 4.78 is 1.87. The number of hydrogen-bond donors (Lipinski definition) is 0. The Balaban J connectivity index is 1.76. The molecule has 1 aliphatic rings. The van der Waals surface area contributed by atoms with Gasteiger partial charge in [0.1, 0.15) is 0 Å². The molecule has 0 N–H and O–H groups in total. The van der Waals surface area contributed by atoms with E-state index in [2.05, 4.69) is 15.5 Å². The number of thiazole rings is 1. The summed E-state index contributed by atoms with van der Waals surface area (Å²) in [7, 11) is 1.94. The standard InChI is InChI=1S/C18H26N4OS/c1-11-10-24-17(19-11)15-7-6-8-22(9-15)18(23)12(2)16-13(3)20-21(5)14(16)4/h10,12,15H,6-9H2,1-5H3/t12-,15+/m1/s1. The molecule has 0 bridgehead atoms. The van der Waals surface area contributed by atoms with Gasteiger partial charge in [0.25, 0.3) is 0 Å². The van der Waals surface area contributed by atoms with Crippen LogP contribution < -0.4 is 0 Å². The second-order valence-corrected chi connectivity index (χ2v) is 7.77. The van der Waals surface area contributed by atoms with Gasteiger partial charge in [0.2, 0.25) is 5.91 Å². The van der Waals surface area contributed by atoms with Crippen molar-refractivity contribution >= 4 is 17.2 Å². The van der Waals surface area contributed by atoms with Gasteiger partial charge in [-0.05, 0) is 40.5 Å². The molecule has 0 spiro atoms. The molecule has 0 unspecified atom stereocenters. The Labute approximate surface area is 147 Å². The second-order valence-electron chi connectivity index (χ2n) is 6.88. The van der Waals surface area contributed by atoms with Crippen LogP contribution in [-0.4, -0.2) is 38.7 Å². The molecule has 0 radical (unpaired) electrons. The molecule has 1 saturated heterocycles. The van der Waals surface area contributed by atoms with Gasteiger partial charge in [-0.1, -0.05) is 0 Å². The summed E-state index contributed by atoms with van der Waals surface area (Å²) in [5.74, 6) is 0.451. The Morgan fingerprint density at radius 3 is 2.71 bits per heavy atom. The highest BCUT2D eigenvalue weighted by molar-refractivity contribution is 7.09. The maximum absolute atomic E-state index is 13.1. The molecule has 2 aromatic rings. The van der Waals surface area contributed by atoms with Gasteiger partial charge in [-0.15, -0.1) is 11.3 Å². The van der Waals surface area contributed by atoms with Crippen LogP contribution in [0.25, 0.3) is 0 Å². The third kappa shape index (κ3) is 3.11. The summed E-state index contributed by atoms with van der Waals surface area (Å²) in [4.78, 5) is 19.7. The minimum absolute atomic E-state index is 0.143. The van der Waals surface area contributed by atoms with E-state index in [1.165, 1.54) is 5.01 Å². The monoisotopic (exact) mass is 346 g/mol. The maximum atomic E-state index is 13.1. The molecular weight excluding hydrogens is 320 g/mol. The van der Waals surface area contributed by atoms with Gasteiger partial charge in [-0.2, -0.15) is 5.10 Å². The molecule has 130 valence electrons. The quantitative estimate of drug-likeness (QED) is 0.857. The van der Waals surface area contributed by atoms with Gasteiger partial charge in [0, 0.05) is 48.4 Å². The Bertz CT molecular complexity index is 748. The van der Waals surface area contributed by atoms with Crippen LogP contribution in [0.1, 0.15) is 59.3 Å². The number of nitrogens with zero attached hydrogens (tertiary/aromatic N) is 4. The third-order valence-electron chi connectivity index (χ3n) is 5.09. The molecular formula is C18H26N4OS. The topological polar surface area (TPSA) is 51.0 Å². The number of carbonyl (C=O) groups excluding carboxylic acids is 1. The molecule has 0 aliphatic carbocycles. The molecule has 1 amide bonds. The number of likely N-dealkylation sites (tertiary alicyclic amines) is 1. The van der Waals surface area contributed by atoms with Crippen molar-refractivity contribution in [3.8, 4) is 0 Å². The molecule has 2 atom stereocenters. The number of aryl methyl sites for hydroxylation is 3. The molecule has 24 heavy (non-hydrogen) atoms. The van der Waals surface area contributed by atoms with Crippen molar-refractivity contribution < 1.29 is 4.79 Å². The highest BCUT2D eigenvalue weighted by Crippen LogP contribution is 2.32. The Morgan fingerprint density at radius 2 is 2.12 bits per heavy atom. The van der Waals surface area contributed by atoms with Crippen LogP contribution in [-0.2, 0) is 11.8 Å². The van der Waals surface area contributed by atoms with Crippen LogP contribution in [0.2, 0.25) is 0 Å². The first-order valence-corrected chi connectivity index (χ1v) is 9.47. The summed E-state index contributed by atoms with van der Waals surface area (Å²) in [5, 5.41) is 7.73. The normalized spacial score (nSPS) is 19.5. The van der Waals surface area contributed by atoms with Crippen LogP contribution in [0, 0.1) is 20.8 Å². The lowest BCUT2D eigenvalue weighted by molar-refractivity contribution is -0.133. The van der Waals surface area contributed by atoms with Crippen LogP contribution in [0.5, 0.6) is 0 Å². The molecule has 6 heteroatoms. The number of rotatable bonds is 3. The first-order valence-electron chi connectivity index (χ1n) is 8.59. The van der Waals surface area contributed by atoms with Gasteiger partial charge in [-0.3, -0.25) is 9.48 Å². The highest BCUT2D eigenvalue weighted by atomic mass is 32.1. The van der Waals surface area contributed by atoms with E-state index in [1.807, 2.05) is 44.3 Å². The van der Waals surface area contributed by atoms with Crippen LogP contribution in [0.4, 0.5) is 0 Å². The summed E-state index contributed by atoms with van der Waals surface area (Å²) in [6.45, 7) is 9.70. The molecule has 0 saturated carbocycles. The average Bonchev–Trinajstić information content (AvgIpc) is 3.10. The SMILES string of the molecule is Cc1csc([C@H]2CCCN(C(=O)[C@H](C)c3c(C)nn(C)c3C)C2)n1. The minimum atomic E-state index is -0.143. The molecule has 5 nitrogen and oxygen atoms in total. The van der Waals surface area contributed by atoms with Crippen LogP contribution in [0.3, 0.4) is 0 Å². The van der Waals surface area contributed by atoms with E-state index in [-0.39, 0.29) is 11.8 Å². The number of piperidine rings is 1. The first-order chi connectivity index (χ1) is 11.4. The first kappa shape index (κ1) is 17.1. The Morgan fingerprint density at radius 1 is 1.38 bits per heavy atom. The Hall–Kier alpha value is -1.69. The zero-order valence-corrected chi connectivity index (χ0v) is 16.0. The van der Waals surface area contributed by atoms with Crippen LogP contribution in [0.15, 0.2) is 5.38 Å². The van der Waals surface area contributed by atoms with Crippen molar-refractivity contribution in [1.82, 2.24) is 19.7 Å². The van der Waals surface area contributed by atoms with E-state index in [0.717, 1.165) is 48.6 Å². The predicted octanol–water partition coefficient (Wildman–Crippen LogP) is 3.31. The lowest BCUT2D eigenvalue weighted by Gasteiger charge is -2.33. The molecule has 2 aromatic heterocycles. The van der Waals surface area contributed by atoms with E-state index in [1.54, 1.807) is 11.3 Å². The number of carbonyl (C=O) groups is 1. The van der Waals surface area contributed by atoms with Crippen molar-refractivity contribution in [1.29, 1.82) is 0 Å². The zero-order valence-electron chi connectivity index (χ0n) is 15.2. The van der Waals surface area contributed by atoms with Crippen molar-refractivity contribution in [2.75, 3.05) is 13.1 Å². The van der Waals surface area contributed by atoms with Gasteiger partial charge in [0.05, 0.1) is 16.6 Å². The number of hydrogen-bond acceptors (Lipinski definition) is 4. The summed E-state index contributed by atoms with van der Waals surface area (Å²) >= 11 is 1.72. The maximum Gasteiger partial charge on any atom is 0.229 e.